The molecule has 0 aliphatic heterocycles. The molecule has 0 radical (unpaired) electrons. The van der Waals surface area contributed by atoms with Gasteiger partial charge in [0.25, 0.3) is 0 Å². The highest BCUT2D eigenvalue weighted by molar-refractivity contribution is 5.02. The van der Waals surface area contributed by atoms with Gasteiger partial charge >= 0.3 is 0 Å². The molecule has 0 heteroatoms. The van der Waals surface area contributed by atoms with E-state index in [1.807, 2.05) is 0 Å². The summed E-state index contributed by atoms with van der Waals surface area (Å²) in [6.45, 7) is 4.80. The molecule has 0 aromatic rings. The molecule has 2 aliphatic carbocycles. The smallest absolute Gasteiger partial charge is 0.0266 e. The third-order valence-corrected chi connectivity index (χ3v) is 3.67. The van der Waals surface area contributed by atoms with E-state index in [1.54, 1.807) is 19.3 Å². The summed E-state index contributed by atoms with van der Waals surface area (Å²) in [4.78, 5) is 0. The molecule has 0 bridgehead atoms. The molecule has 0 aromatic carbocycles. The first kappa shape index (κ1) is 6.69. The van der Waals surface area contributed by atoms with Crippen molar-refractivity contribution in [2.45, 2.75) is 46.0 Å². The van der Waals surface area contributed by atoms with Gasteiger partial charge in [-0.25, -0.2) is 0 Å². The first-order valence-electron chi connectivity index (χ1n) is 4.75. The maximum Gasteiger partial charge on any atom is -0.0266 e. The Labute approximate surface area is 64.0 Å². The van der Waals surface area contributed by atoms with Gasteiger partial charge in [0.2, 0.25) is 0 Å². The minimum absolute atomic E-state index is 0.883. The van der Waals surface area contributed by atoms with Gasteiger partial charge in [0.1, 0.15) is 0 Å². The molecule has 2 rings (SSSR count). The number of rotatable bonds is 1. The molecule has 1 atom stereocenters. The van der Waals surface area contributed by atoms with Gasteiger partial charge in [-0.1, -0.05) is 20.3 Å². The minimum Gasteiger partial charge on any atom is -0.0625 e. The Kier molecular flexibility index (Phi) is 1.33. The van der Waals surface area contributed by atoms with Crippen molar-refractivity contribution in [2.75, 3.05) is 0 Å². The van der Waals surface area contributed by atoms with Gasteiger partial charge in [-0.15, -0.1) is 0 Å². The predicted octanol–water partition coefficient (Wildman–Crippen LogP) is 3.22. The highest BCUT2D eigenvalue weighted by Crippen LogP contribution is 2.63. The fraction of sp³-hybridized carbons (Fsp3) is 1.00. The zero-order valence-corrected chi connectivity index (χ0v) is 7.19. The summed E-state index contributed by atoms with van der Waals surface area (Å²) < 4.78 is 0. The largest absolute Gasteiger partial charge is 0.0625 e. The van der Waals surface area contributed by atoms with Crippen molar-refractivity contribution in [3.8, 4) is 0 Å². The standard InChI is InChI=1S/C10H18/c1-8(2)9-4-3-5-10(9)6-7-10/h8-9H,3-7H2,1-2H3. The maximum absolute atomic E-state index is 2.40. The van der Waals surface area contributed by atoms with Gasteiger partial charge in [-0.3, -0.25) is 0 Å². The average molecular weight is 138 g/mol. The Morgan fingerprint density at radius 1 is 1.20 bits per heavy atom. The highest BCUT2D eigenvalue weighted by atomic mass is 14.6. The van der Waals surface area contributed by atoms with Crippen LogP contribution in [0, 0.1) is 17.3 Å². The molecule has 10 heavy (non-hydrogen) atoms. The molecule has 1 spiro atoms. The van der Waals surface area contributed by atoms with Crippen LogP contribution in [0.15, 0.2) is 0 Å². The summed E-state index contributed by atoms with van der Waals surface area (Å²) in [6, 6.07) is 0. The fourth-order valence-electron chi connectivity index (χ4n) is 2.99. The van der Waals surface area contributed by atoms with Crippen molar-refractivity contribution in [3.63, 3.8) is 0 Å². The molecule has 2 aliphatic rings. The lowest BCUT2D eigenvalue weighted by atomic mass is 9.84. The number of hydrogen-bond acceptors (Lipinski definition) is 0. The van der Waals surface area contributed by atoms with Crippen molar-refractivity contribution in [1.82, 2.24) is 0 Å². The first-order chi connectivity index (χ1) is 4.75. The molecule has 0 N–H and O–H groups in total. The monoisotopic (exact) mass is 138 g/mol. The molecule has 1 unspecified atom stereocenters. The van der Waals surface area contributed by atoms with Crippen LogP contribution in [0.4, 0.5) is 0 Å². The van der Waals surface area contributed by atoms with Crippen molar-refractivity contribution in [3.05, 3.63) is 0 Å². The Bertz CT molecular complexity index is 131. The second-order valence-corrected chi connectivity index (χ2v) is 4.61. The summed E-state index contributed by atoms with van der Waals surface area (Å²) in [5.41, 5.74) is 0.883. The summed E-state index contributed by atoms with van der Waals surface area (Å²) in [7, 11) is 0. The van der Waals surface area contributed by atoms with E-state index in [-0.39, 0.29) is 0 Å². The lowest BCUT2D eigenvalue weighted by molar-refractivity contribution is 0.275. The first-order valence-corrected chi connectivity index (χ1v) is 4.75. The minimum atomic E-state index is 0.883. The fourth-order valence-corrected chi connectivity index (χ4v) is 2.99. The third-order valence-electron chi connectivity index (χ3n) is 3.67. The van der Waals surface area contributed by atoms with Gasteiger partial charge in [0, 0.05) is 0 Å². The van der Waals surface area contributed by atoms with E-state index in [0.29, 0.717) is 0 Å². The molecule has 0 nitrogen and oxygen atoms in total. The summed E-state index contributed by atoms with van der Waals surface area (Å²) in [5.74, 6) is 2.04. The van der Waals surface area contributed by atoms with Crippen molar-refractivity contribution in [1.29, 1.82) is 0 Å². The average Bonchev–Trinajstić information content (AvgIpc) is 2.42. The van der Waals surface area contributed by atoms with E-state index < -0.39 is 0 Å². The van der Waals surface area contributed by atoms with Gasteiger partial charge in [-0.2, -0.15) is 0 Å². The van der Waals surface area contributed by atoms with Crippen molar-refractivity contribution in [2.24, 2.45) is 17.3 Å². The van der Waals surface area contributed by atoms with Crippen LogP contribution in [0.5, 0.6) is 0 Å². The van der Waals surface area contributed by atoms with Crippen LogP contribution in [-0.4, -0.2) is 0 Å². The lowest BCUT2D eigenvalue weighted by Gasteiger charge is -2.21. The van der Waals surface area contributed by atoms with Crippen molar-refractivity contribution >= 4 is 0 Å². The Morgan fingerprint density at radius 2 is 1.90 bits per heavy atom. The molecule has 0 amide bonds. The summed E-state index contributed by atoms with van der Waals surface area (Å²) >= 11 is 0. The Balaban J connectivity index is 2.07. The molecule has 0 heterocycles. The topological polar surface area (TPSA) is 0 Å². The molecular weight excluding hydrogens is 120 g/mol. The van der Waals surface area contributed by atoms with Gasteiger partial charge in [0.05, 0.1) is 0 Å². The van der Waals surface area contributed by atoms with Crippen LogP contribution in [0.3, 0.4) is 0 Å². The van der Waals surface area contributed by atoms with E-state index in [9.17, 15) is 0 Å². The van der Waals surface area contributed by atoms with Gasteiger partial charge < -0.3 is 0 Å². The normalized spacial score (nSPS) is 35.7. The van der Waals surface area contributed by atoms with E-state index in [4.69, 9.17) is 0 Å². The molecule has 2 fully saturated rings. The van der Waals surface area contributed by atoms with E-state index in [0.717, 1.165) is 17.3 Å². The van der Waals surface area contributed by atoms with Crippen LogP contribution in [-0.2, 0) is 0 Å². The zero-order valence-electron chi connectivity index (χ0n) is 7.19. The number of hydrogen-bond donors (Lipinski definition) is 0. The third kappa shape index (κ3) is 0.810. The molecule has 0 saturated heterocycles. The van der Waals surface area contributed by atoms with Gasteiger partial charge in [-0.05, 0) is 42.9 Å². The second kappa shape index (κ2) is 1.99. The van der Waals surface area contributed by atoms with Crippen molar-refractivity contribution < 1.29 is 0 Å². The maximum atomic E-state index is 2.40. The van der Waals surface area contributed by atoms with E-state index in [2.05, 4.69) is 13.8 Å². The highest BCUT2D eigenvalue weighted by Gasteiger charge is 2.52. The SMILES string of the molecule is CC(C)C1CCCC12CC2. The van der Waals surface area contributed by atoms with Crippen LogP contribution in [0.1, 0.15) is 46.0 Å². The predicted molar refractivity (Wildman–Crippen MR) is 43.8 cm³/mol. The lowest BCUT2D eigenvalue weighted by Crippen LogP contribution is -2.14. The van der Waals surface area contributed by atoms with Crippen LogP contribution < -0.4 is 0 Å². The van der Waals surface area contributed by atoms with Crippen LogP contribution in [0.2, 0.25) is 0 Å². The van der Waals surface area contributed by atoms with E-state index >= 15 is 0 Å². The Hall–Kier alpha value is 0. The van der Waals surface area contributed by atoms with Gasteiger partial charge in [0.15, 0.2) is 0 Å². The zero-order chi connectivity index (χ0) is 7.19. The summed E-state index contributed by atoms with van der Waals surface area (Å²) in [5, 5.41) is 0. The molecule has 58 valence electrons. The second-order valence-electron chi connectivity index (χ2n) is 4.61. The Morgan fingerprint density at radius 3 is 2.30 bits per heavy atom. The van der Waals surface area contributed by atoms with Crippen LogP contribution in [0.25, 0.3) is 0 Å². The summed E-state index contributed by atoms with van der Waals surface area (Å²) in [6.07, 6.45) is 7.70. The molecule has 0 aromatic heterocycles. The quantitative estimate of drug-likeness (QED) is 0.522. The molecule has 2 saturated carbocycles. The molecular formula is C10H18. The van der Waals surface area contributed by atoms with E-state index in [1.165, 1.54) is 12.8 Å². The van der Waals surface area contributed by atoms with Crippen LogP contribution >= 0.6 is 0 Å².